The van der Waals surface area contributed by atoms with Crippen LogP contribution >= 0.6 is 0 Å². The van der Waals surface area contributed by atoms with Crippen molar-refractivity contribution in [1.82, 2.24) is 14.6 Å². The topological polar surface area (TPSA) is 59.3 Å². The van der Waals surface area contributed by atoms with Gasteiger partial charge >= 0.3 is 0 Å². The molecule has 0 aliphatic rings. The first-order chi connectivity index (χ1) is 9.63. The van der Waals surface area contributed by atoms with Gasteiger partial charge in [-0.05, 0) is 32.0 Å². The summed E-state index contributed by atoms with van der Waals surface area (Å²) in [6.45, 7) is 3.88. The Morgan fingerprint density at radius 3 is 2.65 bits per heavy atom. The molecule has 3 aromatic rings. The highest BCUT2D eigenvalue weighted by Crippen LogP contribution is 2.12. The van der Waals surface area contributed by atoms with Gasteiger partial charge in [0.1, 0.15) is 5.69 Å². The number of carbonyl (C=O) groups is 1. The SMILES string of the molecule is Cc1ccc(NC(=O)c2ccnc3cc(C)nn23)cc1. The summed E-state index contributed by atoms with van der Waals surface area (Å²) in [6.07, 6.45) is 1.61. The number of aromatic nitrogens is 3. The second-order valence-electron chi connectivity index (χ2n) is 4.71. The van der Waals surface area contributed by atoms with Gasteiger partial charge in [0.15, 0.2) is 5.65 Å². The molecule has 0 unspecified atom stereocenters. The van der Waals surface area contributed by atoms with Gasteiger partial charge in [0, 0.05) is 18.0 Å². The van der Waals surface area contributed by atoms with E-state index >= 15 is 0 Å². The summed E-state index contributed by atoms with van der Waals surface area (Å²) >= 11 is 0. The van der Waals surface area contributed by atoms with E-state index in [2.05, 4.69) is 15.4 Å². The highest BCUT2D eigenvalue weighted by atomic mass is 16.2. The predicted molar refractivity (Wildman–Crippen MR) is 76.9 cm³/mol. The first kappa shape index (κ1) is 12.3. The second-order valence-corrected chi connectivity index (χ2v) is 4.71. The molecule has 0 bridgehead atoms. The summed E-state index contributed by atoms with van der Waals surface area (Å²) in [5.74, 6) is -0.204. The van der Waals surface area contributed by atoms with E-state index < -0.39 is 0 Å². The zero-order valence-electron chi connectivity index (χ0n) is 11.3. The molecule has 0 aliphatic heterocycles. The molecular formula is C15H14N4O. The standard InChI is InChI=1S/C15H14N4O/c1-10-3-5-12(6-4-10)17-15(20)13-7-8-16-14-9-11(2)18-19(13)14/h3-9H,1-2H3,(H,17,20). The Labute approximate surface area is 116 Å². The summed E-state index contributed by atoms with van der Waals surface area (Å²) in [6, 6.07) is 11.1. The van der Waals surface area contributed by atoms with E-state index in [-0.39, 0.29) is 5.91 Å². The average Bonchev–Trinajstić information content (AvgIpc) is 2.81. The van der Waals surface area contributed by atoms with E-state index in [0.29, 0.717) is 11.3 Å². The van der Waals surface area contributed by atoms with Gasteiger partial charge in [-0.25, -0.2) is 9.50 Å². The first-order valence-corrected chi connectivity index (χ1v) is 6.33. The maximum absolute atomic E-state index is 12.3. The van der Waals surface area contributed by atoms with Crippen LogP contribution in [0.15, 0.2) is 42.6 Å². The van der Waals surface area contributed by atoms with E-state index in [0.717, 1.165) is 16.9 Å². The van der Waals surface area contributed by atoms with Crippen molar-refractivity contribution >= 4 is 17.2 Å². The van der Waals surface area contributed by atoms with Crippen LogP contribution in [-0.2, 0) is 0 Å². The van der Waals surface area contributed by atoms with Gasteiger partial charge in [-0.2, -0.15) is 5.10 Å². The Morgan fingerprint density at radius 1 is 1.15 bits per heavy atom. The number of carbonyl (C=O) groups excluding carboxylic acids is 1. The fraction of sp³-hybridized carbons (Fsp3) is 0.133. The van der Waals surface area contributed by atoms with E-state index in [1.165, 1.54) is 0 Å². The number of hydrogen-bond donors (Lipinski definition) is 1. The third-order valence-corrected chi connectivity index (χ3v) is 3.02. The molecule has 0 atom stereocenters. The Balaban J connectivity index is 1.94. The summed E-state index contributed by atoms with van der Waals surface area (Å²) in [5, 5.41) is 7.14. The average molecular weight is 266 g/mol. The Kier molecular flexibility index (Phi) is 2.95. The lowest BCUT2D eigenvalue weighted by atomic mass is 10.2. The molecule has 2 heterocycles. The fourth-order valence-electron chi connectivity index (χ4n) is 2.01. The normalized spacial score (nSPS) is 10.7. The van der Waals surface area contributed by atoms with Crippen LogP contribution in [0.4, 0.5) is 5.69 Å². The van der Waals surface area contributed by atoms with Crippen molar-refractivity contribution in [3.8, 4) is 0 Å². The van der Waals surface area contributed by atoms with Gasteiger partial charge in [-0.3, -0.25) is 4.79 Å². The number of benzene rings is 1. The van der Waals surface area contributed by atoms with E-state index in [9.17, 15) is 4.79 Å². The molecule has 0 radical (unpaired) electrons. The molecule has 0 saturated carbocycles. The monoisotopic (exact) mass is 266 g/mol. The number of fused-ring (bicyclic) bond motifs is 1. The molecule has 1 amide bonds. The summed E-state index contributed by atoms with van der Waals surface area (Å²) in [5.41, 5.74) is 3.86. The third-order valence-electron chi connectivity index (χ3n) is 3.02. The zero-order valence-corrected chi connectivity index (χ0v) is 11.3. The maximum Gasteiger partial charge on any atom is 0.274 e. The van der Waals surface area contributed by atoms with Crippen LogP contribution in [0.25, 0.3) is 5.65 Å². The third kappa shape index (κ3) is 2.25. The minimum absolute atomic E-state index is 0.204. The summed E-state index contributed by atoms with van der Waals surface area (Å²) in [7, 11) is 0. The number of aryl methyl sites for hydroxylation is 2. The van der Waals surface area contributed by atoms with Crippen molar-refractivity contribution in [1.29, 1.82) is 0 Å². The molecule has 1 aromatic carbocycles. The van der Waals surface area contributed by atoms with Crippen LogP contribution in [0.2, 0.25) is 0 Å². The fourth-order valence-corrected chi connectivity index (χ4v) is 2.01. The number of nitrogens with zero attached hydrogens (tertiary/aromatic N) is 3. The second kappa shape index (κ2) is 4.77. The molecule has 0 saturated heterocycles. The lowest BCUT2D eigenvalue weighted by molar-refractivity contribution is 0.102. The Morgan fingerprint density at radius 2 is 1.90 bits per heavy atom. The molecule has 20 heavy (non-hydrogen) atoms. The van der Waals surface area contributed by atoms with Gasteiger partial charge in [-0.1, -0.05) is 17.7 Å². The number of hydrogen-bond acceptors (Lipinski definition) is 3. The van der Waals surface area contributed by atoms with E-state index in [1.54, 1.807) is 16.8 Å². The highest BCUT2D eigenvalue weighted by Gasteiger charge is 2.12. The molecule has 5 nitrogen and oxygen atoms in total. The van der Waals surface area contributed by atoms with Crippen molar-refractivity contribution < 1.29 is 4.79 Å². The quantitative estimate of drug-likeness (QED) is 0.775. The molecule has 0 spiro atoms. The van der Waals surface area contributed by atoms with Gasteiger partial charge in [0.2, 0.25) is 0 Å². The molecule has 2 aromatic heterocycles. The first-order valence-electron chi connectivity index (χ1n) is 6.33. The Bertz CT molecular complexity index is 774. The van der Waals surface area contributed by atoms with Gasteiger partial charge < -0.3 is 5.32 Å². The zero-order chi connectivity index (χ0) is 14.1. The lowest BCUT2D eigenvalue weighted by Gasteiger charge is -2.06. The largest absolute Gasteiger partial charge is 0.321 e. The van der Waals surface area contributed by atoms with E-state index in [4.69, 9.17) is 0 Å². The number of rotatable bonds is 2. The highest BCUT2D eigenvalue weighted by molar-refractivity contribution is 6.03. The molecule has 1 N–H and O–H groups in total. The Hall–Kier alpha value is -2.69. The minimum Gasteiger partial charge on any atom is -0.321 e. The summed E-state index contributed by atoms with van der Waals surface area (Å²) < 4.78 is 1.55. The van der Waals surface area contributed by atoms with Crippen LogP contribution in [0.3, 0.4) is 0 Å². The maximum atomic E-state index is 12.3. The molecule has 0 aliphatic carbocycles. The number of nitrogens with one attached hydrogen (secondary N) is 1. The molecular weight excluding hydrogens is 252 g/mol. The van der Waals surface area contributed by atoms with Crippen molar-refractivity contribution in [2.45, 2.75) is 13.8 Å². The predicted octanol–water partition coefficient (Wildman–Crippen LogP) is 2.60. The van der Waals surface area contributed by atoms with Crippen molar-refractivity contribution in [3.05, 3.63) is 59.5 Å². The molecule has 100 valence electrons. The van der Waals surface area contributed by atoms with Gasteiger partial charge in [0.05, 0.1) is 5.69 Å². The van der Waals surface area contributed by atoms with Crippen LogP contribution in [0.1, 0.15) is 21.7 Å². The molecule has 5 heteroatoms. The van der Waals surface area contributed by atoms with Crippen LogP contribution in [-0.4, -0.2) is 20.5 Å². The van der Waals surface area contributed by atoms with Crippen molar-refractivity contribution in [2.24, 2.45) is 0 Å². The van der Waals surface area contributed by atoms with Gasteiger partial charge in [-0.15, -0.1) is 0 Å². The smallest absolute Gasteiger partial charge is 0.274 e. The molecule has 0 fully saturated rings. The van der Waals surface area contributed by atoms with Crippen molar-refractivity contribution in [2.75, 3.05) is 5.32 Å². The van der Waals surface area contributed by atoms with Crippen LogP contribution in [0, 0.1) is 13.8 Å². The molecule has 3 rings (SSSR count). The van der Waals surface area contributed by atoms with Gasteiger partial charge in [0.25, 0.3) is 5.91 Å². The van der Waals surface area contributed by atoms with E-state index in [1.807, 2.05) is 44.2 Å². The van der Waals surface area contributed by atoms with Crippen LogP contribution in [0.5, 0.6) is 0 Å². The number of amides is 1. The number of anilines is 1. The lowest BCUT2D eigenvalue weighted by Crippen LogP contribution is -2.16. The van der Waals surface area contributed by atoms with Crippen molar-refractivity contribution in [3.63, 3.8) is 0 Å². The minimum atomic E-state index is -0.204. The van der Waals surface area contributed by atoms with Crippen LogP contribution < -0.4 is 5.32 Å². The summed E-state index contributed by atoms with van der Waals surface area (Å²) in [4.78, 5) is 16.5.